The van der Waals surface area contributed by atoms with Crippen molar-refractivity contribution < 1.29 is 19.1 Å². The van der Waals surface area contributed by atoms with Crippen LogP contribution in [0.25, 0.3) is 0 Å². The van der Waals surface area contributed by atoms with Crippen molar-refractivity contribution in [1.82, 2.24) is 19.1 Å². The van der Waals surface area contributed by atoms with Gasteiger partial charge >= 0.3 is 11.9 Å². The minimum atomic E-state index is -0.931. The highest BCUT2D eigenvalue weighted by molar-refractivity contribution is 7.98. The molecule has 0 fully saturated rings. The molecule has 31 heavy (non-hydrogen) atoms. The largest absolute Gasteiger partial charge is 0.465 e. The fourth-order valence-corrected chi connectivity index (χ4v) is 3.98. The average Bonchev–Trinajstić information content (AvgIpc) is 2.73. The van der Waals surface area contributed by atoms with Gasteiger partial charge < -0.3 is 18.6 Å². The van der Waals surface area contributed by atoms with Gasteiger partial charge in [0.2, 0.25) is 0 Å². The minimum Gasteiger partial charge on any atom is -0.465 e. The predicted molar refractivity (Wildman–Crippen MR) is 116 cm³/mol. The summed E-state index contributed by atoms with van der Waals surface area (Å²) in [6.45, 7) is 2.87. The molecule has 0 amide bonds. The molecule has 0 unspecified atom stereocenters. The summed E-state index contributed by atoms with van der Waals surface area (Å²) in [4.78, 5) is 54.6. The summed E-state index contributed by atoms with van der Waals surface area (Å²) in [6.07, 6.45) is 6.76. The Morgan fingerprint density at radius 2 is 1.26 bits per heavy atom. The maximum absolute atomic E-state index is 11.7. The van der Waals surface area contributed by atoms with Crippen molar-refractivity contribution in [3.05, 3.63) is 45.2 Å². The molecule has 0 atom stereocenters. The number of carbonyl (C=O) groups excluding carboxylic acids is 2. The molecule has 0 saturated heterocycles. The Morgan fingerprint density at radius 3 is 1.58 bits per heavy atom. The lowest BCUT2D eigenvalue weighted by atomic mass is 9.89. The van der Waals surface area contributed by atoms with Crippen molar-refractivity contribution in [2.24, 2.45) is 5.41 Å². The van der Waals surface area contributed by atoms with Gasteiger partial charge in [-0.15, -0.1) is 0 Å². The van der Waals surface area contributed by atoms with E-state index in [9.17, 15) is 19.2 Å². The van der Waals surface area contributed by atoms with Gasteiger partial charge in [-0.3, -0.25) is 19.2 Å². The number of esters is 2. The van der Waals surface area contributed by atoms with Crippen molar-refractivity contribution in [2.45, 2.75) is 37.2 Å². The molecule has 2 heterocycles. The van der Waals surface area contributed by atoms with Crippen molar-refractivity contribution in [1.29, 1.82) is 0 Å². The van der Waals surface area contributed by atoms with Crippen molar-refractivity contribution in [3.8, 4) is 0 Å². The highest BCUT2D eigenvalue weighted by Crippen LogP contribution is 2.28. The van der Waals surface area contributed by atoms with E-state index in [-0.39, 0.29) is 37.4 Å². The number of rotatable bonds is 10. The van der Waals surface area contributed by atoms with Crippen LogP contribution in [0.1, 0.15) is 13.8 Å². The first-order chi connectivity index (χ1) is 14.7. The smallest absolute Gasteiger partial charge is 0.302 e. The van der Waals surface area contributed by atoms with Gasteiger partial charge in [0.15, 0.2) is 10.3 Å². The molecule has 0 aliphatic heterocycles. The van der Waals surface area contributed by atoms with Crippen molar-refractivity contribution in [2.75, 3.05) is 25.7 Å². The van der Waals surface area contributed by atoms with Crippen LogP contribution in [0.3, 0.4) is 0 Å². The molecule has 0 saturated carbocycles. The topological polar surface area (TPSA) is 122 Å². The second kappa shape index (κ2) is 11.1. The van der Waals surface area contributed by atoms with Crippen LogP contribution in [0.4, 0.5) is 0 Å². The third kappa shape index (κ3) is 7.24. The number of nitrogens with zero attached hydrogens (tertiary/aromatic N) is 4. The van der Waals surface area contributed by atoms with E-state index < -0.39 is 17.4 Å². The summed E-state index contributed by atoms with van der Waals surface area (Å²) < 4.78 is 14.2. The lowest BCUT2D eigenvalue weighted by Gasteiger charge is -2.34. The molecule has 0 spiro atoms. The zero-order valence-electron chi connectivity index (χ0n) is 17.7. The first-order valence-corrected chi connectivity index (χ1v) is 11.6. The van der Waals surface area contributed by atoms with Crippen LogP contribution in [-0.4, -0.2) is 56.8 Å². The molecular weight excluding hydrogens is 444 g/mol. The molecule has 0 N–H and O–H groups in total. The van der Waals surface area contributed by atoms with Gasteiger partial charge in [-0.05, 0) is 12.5 Å². The van der Waals surface area contributed by atoms with E-state index in [1.165, 1.54) is 49.5 Å². The third-order valence-electron chi connectivity index (χ3n) is 4.24. The Labute approximate surface area is 187 Å². The summed E-state index contributed by atoms with van der Waals surface area (Å²) in [5.74, 6) is -0.975. The lowest BCUT2D eigenvalue weighted by molar-refractivity contribution is -0.153. The zero-order chi connectivity index (χ0) is 23.0. The summed E-state index contributed by atoms with van der Waals surface area (Å²) in [5, 5.41) is 0.927. The zero-order valence-corrected chi connectivity index (χ0v) is 19.3. The van der Waals surface area contributed by atoms with Gasteiger partial charge in [-0.25, -0.2) is 0 Å². The van der Waals surface area contributed by atoms with Gasteiger partial charge in [-0.1, -0.05) is 23.5 Å². The Kier molecular flexibility index (Phi) is 8.87. The number of aromatic nitrogens is 4. The maximum Gasteiger partial charge on any atom is 0.302 e. The Balaban J connectivity index is 2.56. The highest BCUT2D eigenvalue weighted by Gasteiger charge is 2.36. The quantitative estimate of drug-likeness (QED) is 0.284. The number of thioether (sulfide) groups is 2. The number of carbonyl (C=O) groups is 2. The molecule has 2 rings (SSSR count). The molecular formula is C19H24N4O6S2. The lowest BCUT2D eigenvalue weighted by Crippen LogP contribution is -2.42. The van der Waals surface area contributed by atoms with Gasteiger partial charge in [0.05, 0.1) is 5.41 Å². The van der Waals surface area contributed by atoms with E-state index in [4.69, 9.17) is 9.47 Å². The van der Waals surface area contributed by atoms with E-state index in [1.54, 1.807) is 34.0 Å². The van der Waals surface area contributed by atoms with E-state index in [1.807, 2.05) is 0 Å². The Bertz CT molecular complexity index is 969. The second-order valence-electron chi connectivity index (χ2n) is 6.82. The van der Waals surface area contributed by atoms with Crippen LogP contribution in [0, 0.1) is 5.41 Å². The van der Waals surface area contributed by atoms with Crippen LogP contribution < -0.4 is 11.1 Å². The summed E-state index contributed by atoms with van der Waals surface area (Å²) in [5.41, 5.74) is -1.68. The predicted octanol–water partition coefficient (Wildman–Crippen LogP) is 1.06. The second-order valence-corrected chi connectivity index (χ2v) is 8.37. The molecule has 10 nitrogen and oxygen atoms in total. The third-order valence-corrected chi connectivity index (χ3v) is 5.62. The first kappa shape index (κ1) is 24.7. The average molecular weight is 469 g/mol. The first-order valence-electron chi connectivity index (χ1n) is 9.18. The van der Waals surface area contributed by atoms with E-state index in [0.29, 0.717) is 10.3 Å². The van der Waals surface area contributed by atoms with E-state index >= 15 is 0 Å². The van der Waals surface area contributed by atoms with Crippen molar-refractivity contribution >= 4 is 35.5 Å². The summed E-state index contributed by atoms with van der Waals surface area (Å²) in [7, 11) is 0. The van der Waals surface area contributed by atoms with Crippen molar-refractivity contribution in [3.63, 3.8) is 0 Å². The monoisotopic (exact) mass is 468 g/mol. The fourth-order valence-electron chi connectivity index (χ4n) is 2.90. The minimum absolute atomic E-state index is 0.0739. The molecule has 2 aromatic rings. The number of hydrogen-bond donors (Lipinski definition) is 0. The van der Waals surface area contributed by atoms with Crippen LogP contribution in [0.15, 0.2) is 44.4 Å². The molecule has 0 radical (unpaired) electrons. The number of ether oxygens (including phenoxy) is 2. The molecule has 2 aromatic heterocycles. The molecule has 12 heteroatoms. The molecule has 0 aromatic carbocycles. The van der Waals surface area contributed by atoms with Crippen LogP contribution >= 0.6 is 23.5 Å². The van der Waals surface area contributed by atoms with Crippen LogP contribution in [0.2, 0.25) is 0 Å². The Hall–Kier alpha value is -2.60. The molecule has 0 aliphatic carbocycles. The van der Waals surface area contributed by atoms with E-state index in [2.05, 4.69) is 9.97 Å². The summed E-state index contributed by atoms with van der Waals surface area (Å²) in [6, 6.07) is 2.66. The maximum atomic E-state index is 11.7. The van der Waals surface area contributed by atoms with Gasteiger partial charge in [-0.2, -0.15) is 9.97 Å². The standard InChI is InChI=1S/C19H24N4O6S2/c1-13(24)28-11-19(12-29-14(2)25,9-22-7-5-15(26)20-17(22)30-3)10-23-8-6-16(27)21-18(23)31-4/h5-8H,9-12H2,1-4H3. The highest BCUT2D eigenvalue weighted by atomic mass is 32.2. The summed E-state index contributed by atoms with van der Waals surface area (Å²) >= 11 is 2.57. The van der Waals surface area contributed by atoms with Crippen LogP contribution in [-0.2, 0) is 32.2 Å². The fraction of sp³-hybridized carbons (Fsp3) is 0.474. The SMILES string of the molecule is CSc1nc(=O)ccn1CC(COC(C)=O)(COC(C)=O)Cn1ccc(=O)nc1SC. The van der Waals surface area contributed by atoms with Crippen LogP contribution in [0.5, 0.6) is 0 Å². The number of hydrogen-bond acceptors (Lipinski definition) is 10. The molecule has 0 aliphatic rings. The normalized spacial score (nSPS) is 11.2. The molecule has 168 valence electrons. The van der Waals surface area contributed by atoms with Gasteiger partial charge in [0.25, 0.3) is 11.1 Å². The van der Waals surface area contributed by atoms with Gasteiger partial charge in [0.1, 0.15) is 13.2 Å². The Morgan fingerprint density at radius 1 is 0.871 bits per heavy atom. The molecule has 0 bridgehead atoms. The van der Waals surface area contributed by atoms with Gasteiger partial charge in [0, 0.05) is 51.5 Å². The van der Waals surface area contributed by atoms with E-state index in [0.717, 1.165) is 0 Å².